The molecule has 150 valence electrons. The van der Waals surface area contributed by atoms with Crippen molar-refractivity contribution in [2.75, 3.05) is 13.2 Å². The van der Waals surface area contributed by atoms with Gasteiger partial charge in [0.1, 0.15) is 24.4 Å². The van der Waals surface area contributed by atoms with Crippen molar-refractivity contribution in [3.8, 4) is 16.9 Å². The summed E-state index contributed by atoms with van der Waals surface area (Å²) in [6.07, 6.45) is -2.07. The van der Waals surface area contributed by atoms with Crippen LogP contribution in [0.4, 0.5) is 13.2 Å². The zero-order valence-corrected chi connectivity index (χ0v) is 15.3. The van der Waals surface area contributed by atoms with Crippen LogP contribution in [0.1, 0.15) is 23.2 Å². The second-order valence-corrected chi connectivity index (χ2v) is 6.69. The van der Waals surface area contributed by atoms with Gasteiger partial charge in [0.05, 0.1) is 12.1 Å². The van der Waals surface area contributed by atoms with Gasteiger partial charge >= 0.3 is 6.18 Å². The largest absolute Gasteiger partial charge is 0.492 e. The van der Waals surface area contributed by atoms with Crippen molar-refractivity contribution >= 4 is 0 Å². The lowest BCUT2D eigenvalue weighted by Gasteiger charge is -2.24. The SMILES string of the molecule is OC1c2ccc(-c3cccc(C(F)(F)F)c3)cc2OCCN1Cc1ncccn1. The van der Waals surface area contributed by atoms with Crippen LogP contribution < -0.4 is 4.74 Å². The molecule has 2 aromatic carbocycles. The van der Waals surface area contributed by atoms with E-state index in [1.165, 1.54) is 6.07 Å². The molecular weight excluding hydrogens is 383 g/mol. The van der Waals surface area contributed by atoms with E-state index in [2.05, 4.69) is 9.97 Å². The fraction of sp³-hybridized carbons (Fsp3) is 0.238. The molecule has 0 radical (unpaired) electrons. The maximum Gasteiger partial charge on any atom is 0.416 e. The number of hydrogen-bond donors (Lipinski definition) is 1. The van der Waals surface area contributed by atoms with Crippen LogP contribution in [-0.2, 0) is 12.7 Å². The molecule has 1 aliphatic rings. The smallest absolute Gasteiger partial charge is 0.416 e. The molecule has 1 aromatic heterocycles. The van der Waals surface area contributed by atoms with Gasteiger partial charge < -0.3 is 9.84 Å². The third-order valence-electron chi connectivity index (χ3n) is 4.76. The van der Waals surface area contributed by atoms with Gasteiger partial charge in [0.2, 0.25) is 0 Å². The topological polar surface area (TPSA) is 58.5 Å². The molecule has 0 fully saturated rings. The molecule has 0 bridgehead atoms. The minimum absolute atomic E-state index is 0.322. The van der Waals surface area contributed by atoms with E-state index in [1.807, 2.05) is 0 Å². The maximum absolute atomic E-state index is 13.0. The lowest BCUT2D eigenvalue weighted by Crippen LogP contribution is -2.30. The molecule has 5 nitrogen and oxygen atoms in total. The summed E-state index contributed by atoms with van der Waals surface area (Å²) in [5.41, 5.74) is 0.857. The molecule has 8 heteroatoms. The van der Waals surface area contributed by atoms with Crippen molar-refractivity contribution in [3.63, 3.8) is 0 Å². The number of aliphatic hydroxyl groups is 1. The van der Waals surface area contributed by atoms with Crippen molar-refractivity contribution in [1.82, 2.24) is 14.9 Å². The number of rotatable bonds is 3. The number of hydrogen-bond acceptors (Lipinski definition) is 5. The van der Waals surface area contributed by atoms with Crippen molar-refractivity contribution in [1.29, 1.82) is 0 Å². The summed E-state index contributed by atoms with van der Waals surface area (Å²) < 4.78 is 44.8. The number of nitrogens with zero attached hydrogens (tertiary/aromatic N) is 3. The minimum atomic E-state index is -4.41. The van der Waals surface area contributed by atoms with Gasteiger partial charge in [0.25, 0.3) is 0 Å². The summed E-state index contributed by atoms with van der Waals surface area (Å²) in [6.45, 7) is 1.12. The van der Waals surface area contributed by atoms with Gasteiger partial charge in [-0.1, -0.05) is 24.3 Å². The van der Waals surface area contributed by atoms with Crippen LogP contribution in [0.25, 0.3) is 11.1 Å². The molecule has 3 aromatic rings. The van der Waals surface area contributed by atoms with Gasteiger partial charge in [-0.2, -0.15) is 13.2 Å². The highest BCUT2D eigenvalue weighted by atomic mass is 19.4. The van der Waals surface area contributed by atoms with Crippen LogP contribution in [0.5, 0.6) is 5.75 Å². The lowest BCUT2D eigenvalue weighted by atomic mass is 10.00. The van der Waals surface area contributed by atoms with Gasteiger partial charge in [-0.05, 0) is 35.4 Å². The number of benzene rings is 2. The van der Waals surface area contributed by atoms with Crippen LogP contribution in [-0.4, -0.2) is 33.1 Å². The highest BCUT2D eigenvalue weighted by Gasteiger charge is 2.31. The van der Waals surface area contributed by atoms with E-state index in [1.54, 1.807) is 47.6 Å². The Hall–Kier alpha value is -2.97. The van der Waals surface area contributed by atoms with Crippen LogP contribution in [0.15, 0.2) is 60.9 Å². The highest BCUT2D eigenvalue weighted by molar-refractivity contribution is 5.67. The van der Waals surface area contributed by atoms with Crippen molar-refractivity contribution in [2.24, 2.45) is 0 Å². The molecule has 0 aliphatic carbocycles. The molecule has 29 heavy (non-hydrogen) atoms. The number of alkyl halides is 3. The summed E-state index contributed by atoms with van der Waals surface area (Å²) in [4.78, 5) is 10.1. The van der Waals surface area contributed by atoms with E-state index in [0.29, 0.717) is 48.0 Å². The predicted octanol–water partition coefficient (Wildman–Crippen LogP) is 4.05. The Labute approximate surface area is 165 Å². The monoisotopic (exact) mass is 401 g/mol. The highest BCUT2D eigenvalue weighted by Crippen LogP contribution is 2.36. The quantitative estimate of drug-likeness (QED) is 0.718. The predicted molar refractivity (Wildman–Crippen MR) is 99.8 cm³/mol. The number of ether oxygens (including phenoxy) is 1. The van der Waals surface area contributed by atoms with Crippen LogP contribution in [0, 0.1) is 0 Å². The fourth-order valence-corrected chi connectivity index (χ4v) is 3.28. The van der Waals surface area contributed by atoms with E-state index in [9.17, 15) is 18.3 Å². The van der Waals surface area contributed by atoms with Crippen LogP contribution >= 0.6 is 0 Å². The molecule has 4 rings (SSSR count). The van der Waals surface area contributed by atoms with Crippen molar-refractivity contribution in [3.05, 3.63) is 77.9 Å². The normalized spacial score (nSPS) is 17.3. The third-order valence-corrected chi connectivity index (χ3v) is 4.76. The average molecular weight is 401 g/mol. The zero-order valence-electron chi connectivity index (χ0n) is 15.3. The van der Waals surface area contributed by atoms with Crippen LogP contribution in [0.3, 0.4) is 0 Å². The van der Waals surface area contributed by atoms with Gasteiger partial charge in [-0.3, -0.25) is 4.90 Å². The first kappa shape index (κ1) is 19.4. The standard InChI is InChI=1S/C21H18F3N3O2/c22-21(23,24)16-4-1-3-14(11-16)15-5-6-17-18(12-15)29-10-9-27(20(17)28)13-19-25-7-2-8-26-19/h1-8,11-12,20,28H,9-10,13H2. The first-order valence-electron chi connectivity index (χ1n) is 9.04. The molecule has 1 N–H and O–H groups in total. The van der Waals surface area contributed by atoms with E-state index in [0.717, 1.165) is 12.1 Å². The van der Waals surface area contributed by atoms with Gasteiger partial charge in [0, 0.05) is 24.5 Å². The Bertz CT molecular complexity index is 996. The summed E-state index contributed by atoms with van der Waals surface area (Å²) in [5, 5.41) is 10.8. The maximum atomic E-state index is 13.0. The molecule has 0 spiro atoms. The fourth-order valence-electron chi connectivity index (χ4n) is 3.28. The van der Waals surface area contributed by atoms with E-state index in [-0.39, 0.29) is 0 Å². The van der Waals surface area contributed by atoms with E-state index < -0.39 is 18.0 Å². The van der Waals surface area contributed by atoms with Crippen molar-refractivity contribution < 1.29 is 23.0 Å². The lowest BCUT2D eigenvalue weighted by molar-refractivity contribution is -0.137. The molecule has 1 aliphatic heterocycles. The Balaban J connectivity index is 1.62. The zero-order chi connectivity index (χ0) is 20.4. The number of aliphatic hydroxyl groups excluding tert-OH is 1. The number of aromatic nitrogens is 2. The summed E-state index contributed by atoms with van der Waals surface area (Å²) in [7, 11) is 0. The first-order chi connectivity index (χ1) is 13.9. The van der Waals surface area contributed by atoms with Gasteiger partial charge in [-0.25, -0.2) is 9.97 Å². The van der Waals surface area contributed by atoms with Crippen LogP contribution in [0.2, 0.25) is 0 Å². The van der Waals surface area contributed by atoms with Crippen molar-refractivity contribution in [2.45, 2.75) is 18.9 Å². The van der Waals surface area contributed by atoms with Gasteiger partial charge in [-0.15, -0.1) is 0 Å². The Morgan fingerprint density at radius 3 is 2.55 bits per heavy atom. The second kappa shape index (κ2) is 7.81. The molecule has 0 saturated heterocycles. The van der Waals surface area contributed by atoms with E-state index >= 15 is 0 Å². The van der Waals surface area contributed by atoms with Gasteiger partial charge in [0.15, 0.2) is 0 Å². The molecule has 2 heterocycles. The summed E-state index contributed by atoms with van der Waals surface area (Å²) in [6, 6.07) is 11.9. The number of fused-ring (bicyclic) bond motifs is 1. The Kier molecular flexibility index (Phi) is 5.21. The molecule has 0 saturated carbocycles. The molecule has 1 atom stereocenters. The summed E-state index contributed by atoms with van der Waals surface area (Å²) in [5.74, 6) is 1.03. The molecule has 1 unspecified atom stereocenters. The first-order valence-corrected chi connectivity index (χ1v) is 9.04. The Morgan fingerprint density at radius 2 is 1.79 bits per heavy atom. The third kappa shape index (κ3) is 4.23. The molecular formula is C21H18F3N3O2. The minimum Gasteiger partial charge on any atom is -0.492 e. The average Bonchev–Trinajstić information content (AvgIpc) is 2.87. The second-order valence-electron chi connectivity index (χ2n) is 6.69. The summed E-state index contributed by atoms with van der Waals surface area (Å²) >= 11 is 0. The Morgan fingerprint density at radius 1 is 1.03 bits per heavy atom. The van der Waals surface area contributed by atoms with E-state index in [4.69, 9.17) is 4.74 Å². The molecule has 0 amide bonds. The number of halogens is 3.